The molecule has 1 saturated carbocycles. The number of hydrogen-bond acceptors (Lipinski definition) is 1. The molecule has 2 unspecified atom stereocenters. The molecule has 0 aromatic rings. The molecular formula is C12H25N. The summed E-state index contributed by atoms with van der Waals surface area (Å²) in [6.45, 7) is 9.24. The fourth-order valence-electron chi connectivity index (χ4n) is 2.20. The molecule has 1 fully saturated rings. The van der Waals surface area contributed by atoms with Crippen molar-refractivity contribution in [3.8, 4) is 0 Å². The van der Waals surface area contributed by atoms with Crippen molar-refractivity contribution in [2.75, 3.05) is 0 Å². The average Bonchev–Trinajstić information content (AvgIpc) is 2.59. The smallest absolute Gasteiger partial charge is 0.00724 e. The molecule has 0 aromatic carbocycles. The Bertz CT molecular complexity index is 161. The van der Waals surface area contributed by atoms with E-state index in [0.29, 0.717) is 11.5 Å². The second-order valence-electron chi connectivity index (χ2n) is 5.79. The van der Waals surface area contributed by atoms with E-state index in [4.69, 9.17) is 5.73 Å². The highest BCUT2D eigenvalue weighted by atomic mass is 14.7. The molecule has 13 heavy (non-hydrogen) atoms. The van der Waals surface area contributed by atoms with Crippen LogP contribution in [0.2, 0.25) is 0 Å². The Labute approximate surface area is 83.1 Å². The van der Waals surface area contributed by atoms with E-state index in [0.717, 1.165) is 11.8 Å². The van der Waals surface area contributed by atoms with Gasteiger partial charge in [0, 0.05) is 6.04 Å². The van der Waals surface area contributed by atoms with Gasteiger partial charge in [0.1, 0.15) is 0 Å². The summed E-state index contributed by atoms with van der Waals surface area (Å²) in [6, 6.07) is 0.466. The van der Waals surface area contributed by atoms with Gasteiger partial charge in [0.25, 0.3) is 0 Å². The average molecular weight is 183 g/mol. The summed E-state index contributed by atoms with van der Waals surface area (Å²) in [6.07, 6.45) is 5.22. The van der Waals surface area contributed by atoms with Gasteiger partial charge in [-0.1, -0.05) is 40.5 Å². The van der Waals surface area contributed by atoms with E-state index in [1.807, 2.05) is 0 Å². The van der Waals surface area contributed by atoms with Gasteiger partial charge in [-0.05, 0) is 30.1 Å². The van der Waals surface area contributed by atoms with Crippen LogP contribution in [0.3, 0.4) is 0 Å². The minimum Gasteiger partial charge on any atom is -0.327 e. The second-order valence-corrected chi connectivity index (χ2v) is 5.79. The minimum absolute atomic E-state index is 0.466. The molecule has 0 spiro atoms. The number of hydrogen-bond donors (Lipinski definition) is 1. The van der Waals surface area contributed by atoms with Gasteiger partial charge in [-0.3, -0.25) is 0 Å². The molecule has 1 aliphatic rings. The molecule has 0 heterocycles. The molecule has 78 valence electrons. The summed E-state index contributed by atoms with van der Waals surface area (Å²) in [5, 5.41) is 0. The van der Waals surface area contributed by atoms with Crippen molar-refractivity contribution in [3.05, 3.63) is 0 Å². The molecule has 0 saturated heterocycles. The van der Waals surface area contributed by atoms with E-state index in [1.54, 1.807) is 0 Å². The van der Waals surface area contributed by atoms with Gasteiger partial charge < -0.3 is 5.73 Å². The lowest BCUT2D eigenvalue weighted by Crippen LogP contribution is -2.24. The lowest BCUT2D eigenvalue weighted by atomic mass is 9.97. The Morgan fingerprint density at radius 2 is 1.85 bits per heavy atom. The molecule has 1 nitrogen and oxygen atoms in total. The largest absolute Gasteiger partial charge is 0.327 e. The lowest BCUT2D eigenvalue weighted by Gasteiger charge is -2.13. The van der Waals surface area contributed by atoms with Crippen LogP contribution in [0.15, 0.2) is 0 Å². The second kappa shape index (κ2) is 4.00. The van der Waals surface area contributed by atoms with Crippen molar-refractivity contribution in [1.29, 1.82) is 0 Å². The van der Waals surface area contributed by atoms with Gasteiger partial charge in [0.05, 0.1) is 0 Å². The summed E-state index contributed by atoms with van der Waals surface area (Å²) < 4.78 is 0. The zero-order valence-electron chi connectivity index (χ0n) is 9.64. The van der Waals surface area contributed by atoms with Crippen LogP contribution >= 0.6 is 0 Å². The van der Waals surface area contributed by atoms with Crippen molar-refractivity contribution in [1.82, 2.24) is 0 Å². The van der Waals surface area contributed by atoms with Gasteiger partial charge in [-0.25, -0.2) is 0 Å². The van der Waals surface area contributed by atoms with Crippen molar-refractivity contribution in [2.45, 2.75) is 59.4 Å². The highest BCUT2D eigenvalue weighted by Gasteiger charge is 2.48. The molecular weight excluding hydrogens is 158 g/mol. The van der Waals surface area contributed by atoms with Crippen LogP contribution in [0.5, 0.6) is 0 Å². The SMILES string of the molecule is CC(C)CCCC(N)C1CC1(C)C. The first-order valence-corrected chi connectivity index (χ1v) is 5.69. The molecule has 0 radical (unpaired) electrons. The van der Waals surface area contributed by atoms with Crippen molar-refractivity contribution >= 4 is 0 Å². The van der Waals surface area contributed by atoms with E-state index in [-0.39, 0.29) is 0 Å². The van der Waals surface area contributed by atoms with Gasteiger partial charge in [0.2, 0.25) is 0 Å². The Morgan fingerprint density at radius 1 is 1.31 bits per heavy atom. The molecule has 0 aromatic heterocycles. The van der Waals surface area contributed by atoms with Crippen LogP contribution in [-0.2, 0) is 0 Å². The van der Waals surface area contributed by atoms with Gasteiger partial charge in [-0.2, -0.15) is 0 Å². The van der Waals surface area contributed by atoms with Crippen LogP contribution in [0.4, 0.5) is 0 Å². The van der Waals surface area contributed by atoms with Gasteiger partial charge in [0.15, 0.2) is 0 Å². The monoisotopic (exact) mass is 183 g/mol. The first-order valence-electron chi connectivity index (χ1n) is 5.69. The molecule has 2 atom stereocenters. The fraction of sp³-hybridized carbons (Fsp3) is 1.00. The molecule has 2 N–H and O–H groups in total. The highest BCUT2D eigenvalue weighted by Crippen LogP contribution is 2.53. The third kappa shape index (κ3) is 3.30. The van der Waals surface area contributed by atoms with E-state index in [1.165, 1.54) is 25.7 Å². The maximum Gasteiger partial charge on any atom is 0.00724 e. The topological polar surface area (TPSA) is 26.0 Å². The third-order valence-corrected chi connectivity index (χ3v) is 3.43. The summed E-state index contributed by atoms with van der Waals surface area (Å²) >= 11 is 0. The molecule has 0 aliphatic heterocycles. The highest BCUT2D eigenvalue weighted by molar-refractivity contribution is 5.00. The van der Waals surface area contributed by atoms with Crippen LogP contribution in [-0.4, -0.2) is 6.04 Å². The predicted octanol–water partition coefficient (Wildman–Crippen LogP) is 3.19. The zero-order chi connectivity index (χ0) is 10.1. The third-order valence-electron chi connectivity index (χ3n) is 3.43. The van der Waals surface area contributed by atoms with E-state index < -0.39 is 0 Å². The zero-order valence-corrected chi connectivity index (χ0v) is 9.64. The Hall–Kier alpha value is -0.0400. The molecule has 0 bridgehead atoms. The fourth-order valence-corrected chi connectivity index (χ4v) is 2.20. The maximum atomic E-state index is 6.14. The first kappa shape index (κ1) is 11.0. The van der Waals surface area contributed by atoms with Gasteiger partial charge in [-0.15, -0.1) is 0 Å². The Kier molecular flexibility index (Phi) is 3.39. The molecule has 1 aliphatic carbocycles. The lowest BCUT2D eigenvalue weighted by molar-refractivity contribution is 0.426. The quantitative estimate of drug-likeness (QED) is 0.696. The Balaban J connectivity index is 2.09. The standard InChI is InChI=1S/C12H25N/c1-9(2)6-5-7-11(13)10-8-12(10,3)4/h9-11H,5-8,13H2,1-4H3. The summed E-state index contributed by atoms with van der Waals surface area (Å²) in [7, 11) is 0. The van der Waals surface area contributed by atoms with Crippen LogP contribution in [0.1, 0.15) is 53.4 Å². The van der Waals surface area contributed by atoms with Crippen LogP contribution in [0, 0.1) is 17.3 Å². The minimum atomic E-state index is 0.466. The van der Waals surface area contributed by atoms with E-state index in [9.17, 15) is 0 Å². The van der Waals surface area contributed by atoms with Crippen molar-refractivity contribution in [3.63, 3.8) is 0 Å². The molecule has 0 amide bonds. The summed E-state index contributed by atoms with van der Waals surface area (Å²) in [5.74, 6) is 1.64. The van der Waals surface area contributed by atoms with Crippen LogP contribution in [0.25, 0.3) is 0 Å². The van der Waals surface area contributed by atoms with Crippen LogP contribution < -0.4 is 5.73 Å². The summed E-state index contributed by atoms with van der Waals surface area (Å²) in [4.78, 5) is 0. The number of nitrogens with two attached hydrogens (primary N) is 1. The van der Waals surface area contributed by atoms with Crippen molar-refractivity contribution in [2.24, 2.45) is 23.0 Å². The molecule has 1 rings (SSSR count). The van der Waals surface area contributed by atoms with E-state index in [2.05, 4.69) is 27.7 Å². The summed E-state index contributed by atoms with van der Waals surface area (Å²) in [5.41, 5.74) is 6.69. The normalized spacial score (nSPS) is 27.7. The van der Waals surface area contributed by atoms with Crippen molar-refractivity contribution < 1.29 is 0 Å². The predicted molar refractivity (Wildman–Crippen MR) is 58.6 cm³/mol. The first-order chi connectivity index (χ1) is 5.93. The Morgan fingerprint density at radius 3 is 2.23 bits per heavy atom. The van der Waals surface area contributed by atoms with Gasteiger partial charge >= 0.3 is 0 Å². The molecule has 1 heteroatoms. The maximum absolute atomic E-state index is 6.14. The number of rotatable bonds is 5. The van der Waals surface area contributed by atoms with E-state index >= 15 is 0 Å².